The maximum Gasteiger partial charge on any atom is 0.270 e. The third-order valence-electron chi connectivity index (χ3n) is 5.56. The van der Waals surface area contributed by atoms with E-state index in [-0.39, 0.29) is 34.1 Å². The average Bonchev–Trinajstić information content (AvgIpc) is 2.94. The first-order chi connectivity index (χ1) is 12.9. The SMILES string of the molecule is Cc1ccc2c(c1)[C@@H]1CN(C)CC[C@@H]1N2C(=O)c1cc([N+](=O)[O-])ccc1Cl. The van der Waals surface area contributed by atoms with Crippen LogP contribution in [0.25, 0.3) is 0 Å². The van der Waals surface area contributed by atoms with Crippen LogP contribution in [0.15, 0.2) is 36.4 Å². The first kappa shape index (κ1) is 17.9. The number of carbonyl (C=O) groups is 1. The number of nitro benzene ring substituents is 1. The van der Waals surface area contributed by atoms with Crippen LogP contribution in [0.2, 0.25) is 5.02 Å². The van der Waals surface area contributed by atoms with Gasteiger partial charge in [0.2, 0.25) is 0 Å². The highest BCUT2D eigenvalue weighted by molar-refractivity contribution is 6.34. The summed E-state index contributed by atoms with van der Waals surface area (Å²) in [5.74, 6) is -0.0362. The minimum Gasteiger partial charge on any atom is -0.306 e. The summed E-state index contributed by atoms with van der Waals surface area (Å²) in [7, 11) is 2.09. The summed E-state index contributed by atoms with van der Waals surface area (Å²) in [4.78, 5) is 28.1. The predicted molar refractivity (Wildman–Crippen MR) is 105 cm³/mol. The predicted octanol–water partition coefficient (Wildman–Crippen LogP) is 4.00. The number of carbonyl (C=O) groups excluding carboxylic acids is 1. The van der Waals surface area contributed by atoms with Gasteiger partial charge in [0.15, 0.2) is 0 Å². The van der Waals surface area contributed by atoms with Gasteiger partial charge in [-0.2, -0.15) is 0 Å². The molecule has 2 aromatic rings. The van der Waals surface area contributed by atoms with Crippen LogP contribution in [0.4, 0.5) is 11.4 Å². The van der Waals surface area contributed by atoms with E-state index in [2.05, 4.69) is 18.0 Å². The summed E-state index contributed by atoms with van der Waals surface area (Å²) in [6, 6.07) is 10.2. The van der Waals surface area contributed by atoms with Gasteiger partial charge in [-0.1, -0.05) is 29.3 Å². The van der Waals surface area contributed by atoms with Crippen molar-refractivity contribution < 1.29 is 9.72 Å². The van der Waals surface area contributed by atoms with Gasteiger partial charge in [-0.25, -0.2) is 0 Å². The molecule has 2 aromatic carbocycles. The maximum atomic E-state index is 13.4. The second kappa shape index (κ2) is 6.62. The molecule has 0 bridgehead atoms. The number of rotatable bonds is 2. The van der Waals surface area contributed by atoms with E-state index in [1.165, 1.54) is 23.8 Å². The van der Waals surface area contributed by atoms with Crippen LogP contribution in [-0.4, -0.2) is 41.9 Å². The molecule has 0 N–H and O–H groups in total. The molecule has 0 aliphatic carbocycles. The van der Waals surface area contributed by atoms with Crippen LogP contribution in [0.5, 0.6) is 0 Å². The second-order valence-electron chi connectivity index (χ2n) is 7.38. The molecule has 140 valence electrons. The average molecular weight is 386 g/mol. The van der Waals surface area contributed by atoms with E-state index < -0.39 is 4.92 Å². The topological polar surface area (TPSA) is 66.7 Å². The van der Waals surface area contributed by atoms with Gasteiger partial charge >= 0.3 is 0 Å². The molecule has 4 rings (SSSR count). The Kier molecular flexibility index (Phi) is 4.40. The van der Waals surface area contributed by atoms with Crippen LogP contribution in [0.1, 0.15) is 33.8 Å². The molecule has 0 aromatic heterocycles. The molecule has 2 heterocycles. The van der Waals surface area contributed by atoms with Crippen molar-refractivity contribution >= 4 is 28.9 Å². The summed E-state index contributed by atoms with van der Waals surface area (Å²) in [5, 5.41) is 11.4. The molecule has 6 nitrogen and oxygen atoms in total. The van der Waals surface area contributed by atoms with Gasteiger partial charge in [0.05, 0.1) is 15.5 Å². The fourth-order valence-electron chi connectivity index (χ4n) is 4.27. The number of likely N-dealkylation sites (tertiary alicyclic amines) is 1. The van der Waals surface area contributed by atoms with Gasteiger partial charge in [-0.05, 0) is 44.6 Å². The highest BCUT2D eigenvalue weighted by Gasteiger charge is 2.44. The number of anilines is 1. The number of hydrogen-bond donors (Lipinski definition) is 0. The third-order valence-corrected chi connectivity index (χ3v) is 5.89. The Morgan fingerprint density at radius 3 is 2.78 bits per heavy atom. The summed E-state index contributed by atoms with van der Waals surface area (Å²) < 4.78 is 0. The molecule has 7 heteroatoms. The number of aryl methyl sites for hydroxylation is 1. The normalized spacial score (nSPS) is 21.7. The summed E-state index contributed by atoms with van der Waals surface area (Å²) in [6.07, 6.45) is 0.854. The number of benzene rings is 2. The lowest BCUT2D eigenvalue weighted by Gasteiger charge is -2.36. The molecular formula is C20H20ClN3O3. The molecule has 27 heavy (non-hydrogen) atoms. The molecule has 1 saturated heterocycles. The standard InChI is InChI=1S/C20H20ClN3O3/c1-12-3-6-18-14(9-12)16-11-22(2)8-7-19(16)23(18)20(25)15-10-13(24(26)27)4-5-17(15)21/h3-6,9-10,16,19H,7-8,11H2,1-2H3/t16-,19-/m0/s1. The van der Waals surface area contributed by atoms with Gasteiger partial charge in [0, 0.05) is 36.3 Å². The summed E-state index contributed by atoms with van der Waals surface area (Å²) >= 11 is 6.25. The molecule has 0 spiro atoms. The van der Waals surface area contributed by atoms with Crippen LogP contribution < -0.4 is 4.90 Å². The molecule has 1 fully saturated rings. The molecule has 2 atom stereocenters. The number of amides is 1. The Hall–Kier alpha value is -2.44. The van der Waals surface area contributed by atoms with Crippen molar-refractivity contribution in [3.05, 3.63) is 68.2 Å². The van der Waals surface area contributed by atoms with Crippen molar-refractivity contribution in [2.45, 2.75) is 25.3 Å². The van der Waals surface area contributed by atoms with E-state index in [0.29, 0.717) is 0 Å². The van der Waals surface area contributed by atoms with E-state index in [9.17, 15) is 14.9 Å². The fraction of sp³-hybridized carbons (Fsp3) is 0.350. The molecule has 0 saturated carbocycles. The van der Waals surface area contributed by atoms with E-state index in [0.717, 1.165) is 30.8 Å². The van der Waals surface area contributed by atoms with Crippen molar-refractivity contribution in [3.63, 3.8) is 0 Å². The Labute approximate surface area is 162 Å². The van der Waals surface area contributed by atoms with Gasteiger partial charge in [0.1, 0.15) is 0 Å². The molecule has 1 amide bonds. The van der Waals surface area contributed by atoms with Crippen LogP contribution in [-0.2, 0) is 0 Å². The zero-order chi connectivity index (χ0) is 19.3. The molecule has 2 aliphatic heterocycles. The smallest absolute Gasteiger partial charge is 0.270 e. The number of hydrogen-bond acceptors (Lipinski definition) is 4. The van der Waals surface area contributed by atoms with Gasteiger partial charge in [-0.15, -0.1) is 0 Å². The van der Waals surface area contributed by atoms with E-state index in [1.54, 1.807) is 4.90 Å². The van der Waals surface area contributed by atoms with Crippen molar-refractivity contribution in [1.82, 2.24) is 4.90 Å². The molecule has 0 unspecified atom stereocenters. The molecule has 2 aliphatic rings. The van der Waals surface area contributed by atoms with Gasteiger partial charge in [-0.3, -0.25) is 14.9 Å². The number of nitro groups is 1. The lowest BCUT2D eigenvalue weighted by Crippen LogP contribution is -2.47. The highest BCUT2D eigenvalue weighted by Crippen LogP contribution is 2.46. The zero-order valence-corrected chi connectivity index (χ0v) is 15.9. The minimum atomic E-state index is -0.507. The Morgan fingerprint density at radius 1 is 1.26 bits per heavy atom. The number of piperidine rings is 1. The minimum absolute atomic E-state index is 0.0424. The zero-order valence-electron chi connectivity index (χ0n) is 15.2. The molecule has 0 radical (unpaired) electrons. The lowest BCUT2D eigenvalue weighted by molar-refractivity contribution is -0.384. The number of likely N-dealkylation sites (N-methyl/N-ethyl adjacent to an activating group) is 1. The second-order valence-corrected chi connectivity index (χ2v) is 7.79. The first-order valence-corrected chi connectivity index (χ1v) is 9.31. The number of halogens is 1. The van der Waals surface area contributed by atoms with Crippen molar-refractivity contribution in [3.8, 4) is 0 Å². The first-order valence-electron chi connectivity index (χ1n) is 8.93. The highest BCUT2D eigenvalue weighted by atomic mass is 35.5. The van der Waals surface area contributed by atoms with Crippen molar-refractivity contribution in [2.75, 3.05) is 25.0 Å². The van der Waals surface area contributed by atoms with Crippen molar-refractivity contribution in [2.24, 2.45) is 0 Å². The Bertz CT molecular complexity index is 946. The number of nitrogens with zero attached hydrogens (tertiary/aromatic N) is 3. The van der Waals surface area contributed by atoms with Gasteiger partial charge < -0.3 is 9.80 Å². The van der Waals surface area contributed by atoms with Crippen LogP contribution in [0, 0.1) is 17.0 Å². The van der Waals surface area contributed by atoms with E-state index >= 15 is 0 Å². The van der Waals surface area contributed by atoms with Crippen LogP contribution in [0.3, 0.4) is 0 Å². The Balaban J connectivity index is 1.80. The monoisotopic (exact) mass is 385 g/mol. The fourth-order valence-corrected chi connectivity index (χ4v) is 4.47. The number of non-ortho nitro benzene ring substituents is 1. The van der Waals surface area contributed by atoms with Crippen molar-refractivity contribution in [1.29, 1.82) is 0 Å². The maximum absolute atomic E-state index is 13.4. The summed E-state index contributed by atoms with van der Waals surface area (Å²) in [5.41, 5.74) is 3.26. The summed E-state index contributed by atoms with van der Waals surface area (Å²) in [6.45, 7) is 3.83. The van der Waals surface area contributed by atoms with E-state index in [4.69, 9.17) is 11.6 Å². The Morgan fingerprint density at radius 2 is 2.04 bits per heavy atom. The quantitative estimate of drug-likeness (QED) is 0.578. The van der Waals surface area contributed by atoms with Crippen LogP contribution >= 0.6 is 11.6 Å². The lowest BCUT2D eigenvalue weighted by atomic mass is 9.88. The third kappa shape index (κ3) is 2.99. The van der Waals surface area contributed by atoms with E-state index in [1.807, 2.05) is 19.1 Å². The van der Waals surface area contributed by atoms with Gasteiger partial charge in [0.25, 0.3) is 11.6 Å². The number of fused-ring (bicyclic) bond motifs is 3. The molecular weight excluding hydrogens is 366 g/mol. The largest absolute Gasteiger partial charge is 0.306 e.